The van der Waals surface area contributed by atoms with Gasteiger partial charge >= 0.3 is 0 Å². The van der Waals surface area contributed by atoms with Gasteiger partial charge < -0.3 is 5.11 Å². The summed E-state index contributed by atoms with van der Waals surface area (Å²) >= 11 is 0. The van der Waals surface area contributed by atoms with E-state index in [1.165, 1.54) is 0 Å². The van der Waals surface area contributed by atoms with Crippen molar-refractivity contribution in [2.75, 3.05) is 10.1 Å². The minimum atomic E-state index is -3.25. The number of benzene rings is 1. The average Bonchev–Trinajstić information content (AvgIpc) is 2.93. The first-order valence-electron chi connectivity index (χ1n) is 9.94. The lowest BCUT2D eigenvalue weighted by molar-refractivity contribution is 0.163. The number of unbranched alkanes of at least 4 members (excludes halogenated alkanes) is 3. The molecule has 5 heteroatoms. The van der Waals surface area contributed by atoms with Gasteiger partial charge in [-0.15, -0.1) is 0 Å². The SMILES string of the molecule is CCC/C=C\CC1CCS(=O)(=O)N1c1ccc(C(O)CCCCC)cc1. The van der Waals surface area contributed by atoms with Crippen molar-refractivity contribution in [2.45, 2.75) is 77.4 Å². The fraction of sp³-hybridized carbons (Fsp3) is 0.619. The van der Waals surface area contributed by atoms with Crippen LogP contribution in [0.1, 0.15) is 76.9 Å². The zero-order chi connectivity index (χ0) is 19.0. The number of anilines is 1. The van der Waals surface area contributed by atoms with E-state index in [9.17, 15) is 13.5 Å². The van der Waals surface area contributed by atoms with Gasteiger partial charge in [0, 0.05) is 6.04 Å². The van der Waals surface area contributed by atoms with E-state index in [4.69, 9.17) is 0 Å². The smallest absolute Gasteiger partial charge is 0.235 e. The summed E-state index contributed by atoms with van der Waals surface area (Å²) in [4.78, 5) is 0. The molecule has 1 heterocycles. The third-order valence-electron chi connectivity index (χ3n) is 4.98. The summed E-state index contributed by atoms with van der Waals surface area (Å²) < 4.78 is 26.6. The van der Waals surface area contributed by atoms with Gasteiger partial charge in [-0.05, 0) is 43.4 Å². The summed E-state index contributed by atoms with van der Waals surface area (Å²) in [6.07, 6.45) is 11.3. The fourth-order valence-corrected chi connectivity index (χ4v) is 5.30. The van der Waals surface area contributed by atoms with Crippen molar-refractivity contribution in [2.24, 2.45) is 0 Å². The summed E-state index contributed by atoms with van der Waals surface area (Å²) in [6, 6.07) is 7.40. The van der Waals surface area contributed by atoms with Crippen molar-refractivity contribution < 1.29 is 13.5 Å². The van der Waals surface area contributed by atoms with Crippen molar-refractivity contribution in [1.82, 2.24) is 0 Å². The van der Waals surface area contributed by atoms with Crippen LogP contribution >= 0.6 is 0 Å². The van der Waals surface area contributed by atoms with Gasteiger partial charge in [-0.2, -0.15) is 0 Å². The van der Waals surface area contributed by atoms with E-state index in [-0.39, 0.29) is 11.8 Å². The molecule has 2 atom stereocenters. The largest absolute Gasteiger partial charge is 0.388 e. The lowest BCUT2D eigenvalue weighted by atomic mass is 10.0. The van der Waals surface area contributed by atoms with Crippen molar-refractivity contribution in [3.05, 3.63) is 42.0 Å². The van der Waals surface area contributed by atoms with Crippen molar-refractivity contribution in [1.29, 1.82) is 0 Å². The van der Waals surface area contributed by atoms with Crippen LogP contribution < -0.4 is 4.31 Å². The standard InChI is InChI=1S/C21H33NO3S/c1-3-5-7-9-10-19-16-17-26(24,25)22(19)20-14-12-18(13-15-20)21(23)11-8-6-4-2/h7,9,12-15,19,21,23H,3-6,8,10-11,16-17H2,1-2H3/b9-7-. The van der Waals surface area contributed by atoms with Crippen LogP contribution in [-0.2, 0) is 10.0 Å². The molecule has 1 aromatic rings. The molecule has 2 rings (SSSR count). The van der Waals surface area contributed by atoms with Crippen LogP contribution in [0.4, 0.5) is 5.69 Å². The first kappa shape index (κ1) is 21.0. The molecule has 146 valence electrons. The van der Waals surface area contributed by atoms with Gasteiger partial charge in [0.25, 0.3) is 0 Å². The molecule has 1 saturated heterocycles. The zero-order valence-corrected chi connectivity index (χ0v) is 16.9. The van der Waals surface area contributed by atoms with Gasteiger partial charge in [-0.3, -0.25) is 4.31 Å². The molecule has 1 fully saturated rings. The molecule has 1 aromatic carbocycles. The molecule has 2 unspecified atom stereocenters. The van der Waals surface area contributed by atoms with E-state index in [0.717, 1.165) is 50.5 Å². The Kier molecular flexibility index (Phi) is 8.16. The minimum absolute atomic E-state index is 0.00608. The summed E-state index contributed by atoms with van der Waals surface area (Å²) in [7, 11) is -3.25. The van der Waals surface area contributed by atoms with Crippen molar-refractivity contribution in [3.63, 3.8) is 0 Å². The van der Waals surface area contributed by atoms with Crippen LogP contribution in [0.25, 0.3) is 0 Å². The van der Waals surface area contributed by atoms with Crippen LogP contribution in [0.2, 0.25) is 0 Å². The van der Waals surface area contributed by atoms with E-state index in [2.05, 4.69) is 26.0 Å². The number of allylic oxidation sites excluding steroid dienone is 1. The van der Waals surface area contributed by atoms with Crippen LogP contribution in [0.5, 0.6) is 0 Å². The van der Waals surface area contributed by atoms with Gasteiger partial charge in [0.05, 0.1) is 17.5 Å². The Balaban J connectivity index is 2.08. The van der Waals surface area contributed by atoms with Crippen LogP contribution in [-0.4, -0.2) is 25.3 Å². The predicted octanol–water partition coefficient (Wildman–Crippen LogP) is 4.96. The first-order chi connectivity index (χ1) is 12.5. The maximum absolute atomic E-state index is 12.5. The highest BCUT2D eigenvalue weighted by Gasteiger charge is 2.36. The van der Waals surface area contributed by atoms with Crippen LogP contribution in [0.3, 0.4) is 0 Å². The number of sulfonamides is 1. The van der Waals surface area contributed by atoms with Crippen molar-refractivity contribution >= 4 is 15.7 Å². The van der Waals surface area contributed by atoms with E-state index >= 15 is 0 Å². The molecule has 26 heavy (non-hydrogen) atoms. The second-order valence-corrected chi connectivity index (χ2v) is 9.12. The van der Waals surface area contributed by atoms with Gasteiger partial charge in [0.15, 0.2) is 0 Å². The predicted molar refractivity (Wildman–Crippen MR) is 109 cm³/mol. The Morgan fingerprint density at radius 3 is 2.54 bits per heavy atom. The average molecular weight is 380 g/mol. The lowest BCUT2D eigenvalue weighted by Gasteiger charge is -2.25. The summed E-state index contributed by atoms with van der Waals surface area (Å²) in [6.45, 7) is 4.28. The number of hydrogen-bond acceptors (Lipinski definition) is 3. The quantitative estimate of drug-likeness (QED) is 0.462. The number of rotatable bonds is 10. The molecular weight excluding hydrogens is 346 g/mol. The van der Waals surface area contributed by atoms with Crippen LogP contribution in [0, 0.1) is 0 Å². The molecule has 1 aliphatic heterocycles. The van der Waals surface area contributed by atoms with Gasteiger partial charge in [-0.25, -0.2) is 8.42 Å². The molecule has 0 amide bonds. The third-order valence-corrected chi connectivity index (χ3v) is 6.84. The Bertz CT molecular complexity index is 667. The Morgan fingerprint density at radius 1 is 1.15 bits per heavy atom. The zero-order valence-electron chi connectivity index (χ0n) is 16.1. The number of nitrogens with zero attached hydrogens (tertiary/aromatic N) is 1. The number of hydrogen-bond donors (Lipinski definition) is 1. The molecule has 0 radical (unpaired) electrons. The highest BCUT2D eigenvalue weighted by molar-refractivity contribution is 7.93. The summed E-state index contributed by atoms with van der Waals surface area (Å²) in [5.74, 6) is 0.209. The molecular formula is C21H33NO3S. The lowest BCUT2D eigenvalue weighted by Crippen LogP contribution is -2.32. The number of aliphatic hydroxyl groups excluding tert-OH is 1. The van der Waals surface area contributed by atoms with E-state index in [1.54, 1.807) is 4.31 Å². The summed E-state index contributed by atoms with van der Waals surface area (Å²) in [5, 5.41) is 10.3. The molecule has 0 bridgehead atoms. The van der Waals surface area contributed by atoms with E-state index < -0.39 is 16.1 Å². The second kappa shape index (κ2) is 10.1. The number of aliphatic hydroxyl groups is 1. The molecule has 4 nitrogen and oxygen atoms in total. The molecule has 1 N–H and O–H groups in total. The Hall–Kier alpha value is -1.33. The normalized spacial score (nSPS) is 20.7. The third kappa shape index (κ3) is 5.58. The highest BCUT2D eigenvalue weighted by Crippen LogP contribution is 2.32. The van der Waals surface area contributed by atoms with E-state index in [0.29, 0.717) is 12.1 Å². The maximum atomic E-state index is 12.5. The van der Waals surface area contributed by atoms with Crippen molar-refractivity contribution in [3.8, 4) is 0 Å². The van der Waals surface area contributed by atoms with E-state index in [1.807, 2.05) is 24.3 Å². The summed E-state index contributed by atoms with van der Waals surface area (Å²) in [5.41, 5.74) is 1.57. The molecule has 0 aliphatic carbocycles. The molecule has 1 aliphatic rings. The highest BCUT2D eigenvalue weighted by atomic mass is 32.2. The topological polar surface area (TPSA) is 57.6 Å². The molecule has 0 aromatic heterocycles. The minimum Gasteiger partial charge on any atom is -0.388 e. The second-order valence-electron chi connectivity index (χ2n) is 7.15. The first-order valence-corrected chi connectivity index (χ1v) is 11.6. The van der Waals surface area contributed by atoms with Crippen LogP contribution in [0.15, 0.2) is 36.4 Å². The molecule has 0 spiro atoms. The fourth-order valence-electron chi connectivity index (χ4n) is 3.45. The maximum Gasteiger partial charge on any atom is 0.235 e. The monoisotopic (exact) mass is 379 g/mol. The van der Waals surface area contributed by atoms with Gasteiger partial charge in [-0.1, -0.05) is 63.8 Å². The Morgan fingerprint density at radius 2 is 1.88 bits per heavy atom. The Labute approximate surface area is 159 Å². The van der Waals surface area contributed by atoms with Gasteiger partial charge in [0.1, 0.15) is 0 Å². The van der Waals surface area contributed by atoms with Gasteiger partial charge in [0.2, 0.25) is 10.0 Å². The molecule has 0 saturated carbocycles.